The molecule has 0 aliphatic carbocycles. The van der Waals surface area contributed by atoms with Crippen molar-refractivity contribution in [3.05, 3.63) is 96.5 Å². The smallest absolute Gasteiger partial charge is 0.321 e. The minimum atomic E-state index is -0.378. The number of anilines is 1. The quantitative estimate of drug-likeness (QED) is 0.485. The predicted molar refractivity (Wildman–Crippen MR) is 126 cm³/mol. The van der Waals surface area contributed by atoms with Crippen LogP contribution in [0, 0.1) is 11.6 Å². The lowest BCUT2D eigenvalue weighted by atomic mass is 10.2. The Hall–Kier alpha value is -4.47. The Morgan fingerprint density at radius 2 is 1.37 bits per heavy atom. The number of amides is 3. The van der Waals surface area contributed by atoms with Crippen LogP contribution in [0.15, 0.2) is 79.3 Å². The van der Waals surface area contributed by atoms with Gasteiger partial charge in [-0.25, -0.2) is 18.3 Å². The highest BCUT2D eigenvalue weighted by atomic mass is 19.1. The average Bonchev–Trinajstić information content (AvgIpc) is 3.56. The molecule has 0 unspecified atom stereocenters. The molecule has 3 amide bonds. The summed E-state index contributed by atoms with van der Waals surface area (Å²) < 4.78 is 29.9. The number of nitrogens with zero attached hydrogens (tertiary/aromatic N) is 5. The molecular weight excluding hydrogens is 454 g/mol. The first-order chi connectivity index (χ1) is 17.0. The summed E-state index contributed by atoms with van der Waals surface area (Å²) in [5.74, 6) is -0.401. The van der Waals surface area contributed by atoms with Crippen LogP contribution in [0.3, 0.4) is 0 Å². The number of benzene rings is 2. The standard InChI is InChI=1S/C25H22F2N6O2/c26-18-3-7-20(8-4-18)29-25(35)32-15-13-31(14-16-32)24(34)22-17-28-33(21-9-5-19(27)6-10-21)23(22)30-11-1-2-12-30/h1-12,17H,13-16H2,(H,29,35). The Morgan fingerprint density at radius 3 is 2.00 bits per heavy atom. The molecule has 1 aliphatic heterocycles. The maximum atomic E-state index is 13.5. The number of hydrogen-bond acceptors (Lipinski definition) is 3. The Morgan fingerprint density at radius 1 is 0.800 bits per heavy atom. The van der Waals surface area contributed by atoms with E-state index in [1.165, 1.54) is 42.6 Å². The summed E-state index contributed by atoms with van der Waals surface area (Å²) in [5, 5.41) is 7.15. The minimum Gasteiger partial charge on any atom is -0.335 e. The summed E-state index contributed by atoms with van der Waals surface area (Å²) in [5.41, 5.74) is 1.52. The highest BCUT2D eigenvalue weighted by molar-refractivity contribution is 5.97. The molecule has 35 heavy (non-hydrogen) atoms. The van der Waals surface area contributed by atoms with Gasteiger partial charge >= 0.3 is 6.03 Å². The lowest BCUT2D eigenvalue weighted by Gasteiger charge is -2.34. The molecule has 2 aromatic heterocycles. The third-order valence-corrected chi connectivity index (χ3v) is 5.84. The molecule has 1 saturated heterocycles. The molecule has 2 aromatic carbocycles. The molecule has 0 saturated carbocycles. The van der Waals surface area contributed by atoms with Crippen LogP contribution in [0.25, 0.3) is 11.5 Å². The fourth-order valence-corrected chi connectivity index (χ4v) is 4.01. The summed E-state index contributed by atoms with van der Waals surface area (Å²) in [6.45, 7) is 1.40. The van der Waals surface area contributed by atoms with Crippen molar-refractivity contribution in [2.24, 2.45) is 0 Å². The van der Waals surface area contributed by atoms with E-state index < -0.39 is 0 Å². The van der Waals surface area contributed by atoms with Crippen molar-refractivity contribution in [3.8, 4) is 11.5 Å². The monoisotopic (exact) mass is 476 g/mol. The van der Waals surface area contributed by atoms with E-state index in [0.717, 1.165) is 0 Å². The molecule has 8 nitrogen and oxygen atoms in total. The number of carbonyl (C=O) groups is 2. The zero-order valence-electron chi connectivity index (χ0n) is 18.6. The fourth-order valence-electron chi connectivity index (χ4n) is 4.01. The molecule has 0 atom stereocenters. The summed E-state index contributed by atoms with van der Waals surface area (Å²) in [6, 6.07) is 14.8. The van der Waals surface area contributed by atoms with Crippen molar-refractivity contribution in [1.82, 2.24) is 24.1 Å². The normalized spacial score (nSPS) is 13.7. The van der Waals surface area contributed by atoms with Crippen molar-refractivity contribution >= 4 is 17.6 Å². The Balaban J connectivity index is 1.32. The maximum Gasteiger partial charge on any atom is 0.321 e. The molecule has 178 valence electrons. The first-order valence-corrected chi connectivity index (χ1v) is 11.1. The summed E-state index contributed by atoms with van der Waals surface area (Å²) >= 11 is 0. The van der Waals surface area contributed by atoms with E-state index in [-0.39, 0.29) is 23.6 Å². The first-order valence-electron chi connectivity index (χ1n) is 11.1. The van der Waals surface area contributed by atoms with Gasteiger partial charge in [0.25, 0.3) is 5.91 Å². The Kier molecular flexibility index (Phi) is 6.01. The van der Waals surface area contributed by atoms with Crippen molar-refractivity contribution in [2.75, 3.05) is 31.5 Å². The highest BCUT2D eigenvalue weighted by Gasteiger charge is 2.28. The first kappa shape index (κ1) is 22.3. The van der Waals surface area contributed by atoms with Gasteiger partial charge in [-0.05, 0) is 60.7 Å². The maximum absolute atomic E-state index is 13.5. The molecule has 1 aliphatic rings. The number of halogens is 2. The topological polar surface area (TPSA) is 75.4 Å². The Labute approximate surface area is 200 Å². The van der Waals surface area contributed by atoms with Gasteiger partial charge in [0.2, 0.25) is 0 Å². The largest absolute Gasteiger partial charge is 0.335 e. The van der Waals surface area contributed by atoms with Gasteiger partial charge in [0, 0.05) is 44.3 Å². The van der Waals surface area contributed by atoms with E-state index in [1.807, 2.05) is 24.5 Å². The number of nitrogens with one attached hydrogen (secondary N) is 1. The van der Waals surface area contributed by atoms with E-state index in [0.29, 0.717) is 48.9 Å². The van der Waals surface area contributed by atoms with Crippen LogP contribution in [0.4, 0.5) is 19.3 Å². The van der Waals surface area contributed by atoms with Crippen LogP contribution in [0.5, 0.6) is 0 Å². The number of piperazine rings is 1. The molecule has 1 fully saturated rings. The van der Waals surface area contributed by atoms with Crippen LogP contribution in [0.2, 0.25) is 0 Å². The SMILES string of the molecule is O=C(Nc1ccc(F)cc1)N1CCN(C(=O)c2cnn(-c3ccc(F)cc3)c2-n2cccc2)CC1. The zero-order valence-corrected chi connectivity index (χ0v) is 18.6. The zero-order chi connectivity index (χ0) is 24.4. The second-order valence-corrected chi connectivity index (χ2v) is 8.08. The van der Waals surface area contributed by atoms with E-state index in [1.54, 1.807) is 31.2 Å². The van der Waals surface area contributed by atoms with Gasteiger partial charge in [-0.15, -0.1) is 0 Å². The molecule has 0 radical (unpaired) electrons. The second kappa shape index (κ2) is 9.41. The summed E-state index contributed by atoms with van der Waals surface area (Å²) in [7, 11) is 0. The molecule has 0 spiro atoms. The van der Waals surface area contributed by atoms with Gasteiger partial charge in [0.1, 0.15) is 17.2 Å². The lowest BCUT2D eigenvalue weighted by molar-refractivity contribution is 0.0671. The van der Waals surface area contributed by atoms with Crippen molar-refractivity contribution < 1.29 is 18.4 Å². The van der Waals surface area contributed by atoms with Crippen molar-refractivity contribution in [3.63, 3.8) is 0 Å². The lowest BCUT2D eigenvalue weighted by Crippen LogP contribution is -2.51. The van der Waals surface area contributed by atoms with E-state index in [4.69, 9.17) is 0 Å². The molecule has 0 bridgehead atoms. The third kappa shape index (κ3) is 4.63. The van der Waals surface area contributed by atoms with Gasteiger partial charge in [0.05, 0.1) is 11.9 Å². The van der Waals surface area contributed by atoms with Crippen LogP contribution in [-0.4, -0.2) is 62.3 Å². The molecule has 4 aromatic rings. The van der Waals surface area contributed by atoms with Crippen molar-refractivity contribution in [1.29, 1.82) is 0 Å². The van der Waals surface area contributed by atoms with E-state index >= 15 is 0 Å². The number of aromatic nitrogens is 3. The van der Waals surface area contributed by atoms with Gasteiger partial charge in [-0.2, -0.15) is 5.10 Å². The van der Waals surface area contributed by atoms with Crippen molar-refractivity contribution in [2.45, 2.75) is 0 Å². The molecule has 1 N–H and O–H groups in total. The van der Waals surface area contributed by atoms with Gasteiger partial charge in [-0.1, -0.05) is 0 Å². The fraction of sp³-hybridized carbons (Fsp3) is 0.160. The van der Waals surface area contributed by atoms with Crippen LogP contribution in [0.1, 0.15) is 10.4 Å². The van der Waals surface area contributed by atoms with E-state index in [9.17, 15) is 18.4 Å². The van der Waals surface area contributed by atoms with E-state index in [2.05, 4.69) is 10.4 Å². The van der Waals surface area contributed by atoms with Gasteiger partial charge in [0.15, 0.2) is 5.82 Å². The second-order valence-electron chi connectivity index (χ2n) is 8.08. The third-order valence-electron chi connectivity index (χ3n) is 5.84. The minimum absolute atomic E-state index is 0.208. The van der Waals surface area contributed by atoms with Gasteiger partial charge in [-0.3, -0.25) is 4.79 Å². The molecule has 3 heterocycles. The van der Waals surface area contributed by atoms with Crippen LogP contribution >= 0.6 is 0 Å². The summed E-state index contributed by atoms with van der Waals surface area (Å²) in [4.78, 5) is 29.3. The predicted octanol–water partition coefficient (Wildman–Crippen LogP) is 3.93. The summed E-state index contributed by atoms with van der Waals surface area (Å²) in [6.07, 6.45) is 5.13. The van der Waals surface area contributed by atoms with Gasteiger partial charge < -0.3 is 19.7 Å². The molecule has 5 rings (SSSR count). The molecular formula is C25H22F2N6O2. The molecule has 10 heteroatoms. The Bertz CT molecular complexity index is 1330. The number of urea groups is 1. The highest BCUT2D eigenvalue weighted by Crippen LogP contribution is 2.22. The number of hydrogen-bond donors (Lipinski definition) is 1. The number of carbonyl (C=O) groups excluding carboxylic acids is 2. The number of rotatable bonds is 4. The van der Waals surface area contributed by atoms with Crippen LogP contribution < -0.4 is 5.32 Å². The van der Waals surface area contributed by atoms with Crippen LogP contribution in [-0.2, 0) is 0 Å². The average molecular weight is 476 g/mol.